The summed E-state index contributed by atoms with van der Waals surface area (Å²) < 4.78 is 10.8. The van der Waals surface area contributed by atoms with E-state index in [1.165, 1.54) is 0 Å². The summed E-state index contributed by atoms with van der Waals surface area (Å²) in [6.07, 6.45) is 1.69. The Kier molecular flexibility index (Phi) is 9.33. The van der Waals surface area contributed by atoms with Crippen molar-refractivity contribution in [1.29, 1.82) is 0 Å². The summed E-state index contributed by atoms with van der Waals surface area (Å²) in [4.78, 5) is 36.3. The zero-order valence-electron chi connectivity index (χ0n) is 21.3. The third kappa shape index (κ3) is 7.03. The molecule has 2 aromatic carbocycles. The van der Waals surface area contributed by atoms with Gasteiger partial charge in [-0.3, -0.25) is 0 Å². The Morgan fingerprint density at radius 1 is 0.744 bits per heavy atom. The molecule has 0 unspecified atom stereocenters. The van der Waals surface area contributed by atoms with Gasteiger partial charge in [0, 0.05) is 27.0 Å². The third-order valence-corrected chi connectivity index (χ3v) is 6.00. The monoisotopic (exact) mass is 581 g/mol. The van der Waals surface area contributed by atoms with Crippen LogP contribution in [-0.2, 0) is 9.47 Å². The van der Waals surface area contributed by atoms with Crippen LogP contribution in [0.5, 0.6) is 0 Å². The number of nitrogens with zero attached hydrogens (tertiary/aromatic N) is 3. The van der Waals surface area contributed by atoms with Gasteiger partial charge < -0.3 is 9.47 Å². The first kappa shape index (κ1) is 27.4. The molecule has 0 N–H and O–H groups in total. The average molecular weight is 582 g/mol. The van der Waals surface area contributed by atoms with Gasteiger partial charge in [-0.05, 0) is 56.2 Å². The molecule has 0 aliphatic heterocycles. The van der Waals surface area contributed by atoms with Gasteiger partial charge in [0.1, 0.15) is 17.1 Å². The van der Waals surface area contributed by atoms with Gasteiger partial charge in [-0.25, -0.2) is 24.5 Å². The lowest BCUT2D eigenvalue weighted by molar-refractivity contribution is 0.0510. The predicted octanol–water partition coefficient (Wildman–Crippen LogP) is 6.38. The molecule has 39 heavy (non-hydrogen) atoms. The maximum absolute atomic E-state index is 12.0. The number of carbonyl (C=O) groups excluding carboxylic acids is 2. The number of aromatic nitrogens is 3. The van der Waals surface area contributed by atoms with E-state index in [1.54, 1.807) is 32.2 Å². The SMILES string of the molecule is CCOC(=O)c1cc(Br)c2ccccc2n1.CCOC(=O)c1cc(C#Cc2ccccn2)c2ccccc2n1. The Balaban J connectivity index is 0.000000193. The van der Waals surface area contributed by atoms with Crippen LogP contribution in [0.3, 0.4) is 0 Å². The highest BCUT2D eigenvalue weighted by Crippen LogP contribution is 2.23. The van der Waals surface area contributed by atoms with Gasteiger partial charge in [-0.1, -0.05) is 64.3 Å². The minimum atomic E-state index is -0.445. The number of fused-ring (bicyclic) bond motifs is 2. The summed E-state index contributed by atoms with van der Waals surface area (Å²) in [7, 11) is 0. The second-order valence-corrected chi connectivity index (χ2v) is 8.84. The van der Waals surface area contributed by atoms with Crippen molar-refractivity contribution in [2.75, 3.05) is 13.2 Å². The van der Waals surface area contributed by atoms with Gasteiger partial charge in [0.2, 0.25) is 0 Å². The van der Waals surface area contributed by atoms with E-state index >= 15 is 0 Å². The smallest absolute Gasteiger partial charge is 0.356 e. The number of rotatable bonds is 4. The lowest BCUT2D eigenvalue weighted by Gasteiger charge is -2.05. The largest absolute Gasteiger partial charge is 0.461 e. The van der Waals surface area contributed by atoms with Crippen molar-refractivity contribution in [2.45, 2.75) is 13.8 Å². The molecule has 0 aliphatic rings. The van der Waals surface area contributed by atoms with E-state index in [0.29, 0.717) is 30.1 Å². The Bertz CT molecular complexity index is 1690. The van der Waals surface area contributed by atoms with Gasteiger partial charge >= 0.3 is 11.9 Å². The summed E-state index contributed by atoms with van der Waals surface area (Å²) in [5.74, 6) is 5.25. The number of carbonyl (C=O) groups is 2. The lowest BCUT2D eigenvalue weighted by atomic mass is 10.1. The molecule has 0 saturated heterocycles. The van der Waals surface area contributed by atoms with Crippen molar-refractivity contribution in [3.63, 3.8) is 0 Å². The van der Waals surface area contributed by atoms with E-state index in [4.69, 9.17) is 9.47 Å². The van der Waals surface area contributed by atoms with E-state index in [2.05, 4.69) is 42.7 Å². The number of esters is 2. The second-order valence-electron chi connectivity index (χ2n) is 7.98. The van der Waals surface area contributed by atoms with E-state index in [0.717, 1.165) is 26.3 Å². The molecule has 3 aromatic heterocycles. The topological polar surface area (TPSA) is 91.3 Å². The summed E-state index contributed by atoms with van der Waals surface area (Å²) in [6, 6.07) is 24.1. The van der Waals surface area contributed by atoms with Crippen molar-refractivity contribution in [2.24, 2.45) is 0 Å². The number of benzene rings is 2. The van der Waals surface area contributed by atoms with Crippen LogP contribution in [0, 0.1) is 11.8 Å². The molecule has 0 spiro atoms. The first-order valence-corrected chi connectivity index (χ1v) is 13.0. The summed E-state index contributed by atoms with van der Waals surface area (Å²) >= 11 is 3.42. The van der Waals surface area contributed by atoms with Crippen LogP contribution >= 0.6 is 15.9 Å². The Hall–Kier alpha value is -4.61. The van der Waals surface area contributed by atoms with E-state index < -0.39 is 11.9 Å². The molecule has 5 aromatic rings. The molecule has 5 rings (SSSR count). The average Bonchev–Trinajstić information content (AvgIpc) is 2.97. The molecular weight excluding hydrogens is 558 g/mol. The highest BCUT2D eigenvalue weighted by atomic mass is 79.9. The van der Waals surface area contributed by atoms with Crippen molar-refractivity contribution >= 4 is 49.7 Å². The minimum Gasteiger partial charge on any atom is -0.461 e. The van der Waals surface area contributed by atoms with Crippen LogP contribution in [0.4, 0.5) is 0 Å². The molecular formula is C31H24BrN3O4. The van der Waals surface area contributed by atoms with Gasteiger partial charge in [0.15, 0.2) is 0 Å². The van der Waals surface area contributed by atoms with Crippen LogP contribution < -0.4 is 0 Å². The van der Waals surface area contributed by atoms with Crippen LogP contribution in [0.1, 0.15) is 46.1 Å². The van der Waals surface area contributed by atoms with Crippen molar-refractivity contribution in [3.8, 4) is 11.8 Å². The van der Waals surface area contributed by atoms with Gasteiger partial charge in [0.25, 0.3) is 0 Å². The highest BCUT2D eigenvalue weighted by molar-refractivity contribution is 9.10. The molecule has 0 amide bonds. The molecule has 0 aliphatic carbocycles. The van der Waals surface area contributed by atoms with Crippen LogP contribution in [-0.4, -0.2) is 40.1 Å². The fourth-order valence-electron chi connectivity index (χ4n) is 3.60. The number of para-hydroxylation sites is 2. The quantitative estimate of drug-likeness (QED) is 0.179. The lowest BCUT2D eigenvalue weighted by Crippen LogP contribution is -2.07. The summed E-state index contributed by atoms with van der Waals surface area (Å²) in [5, 5.41) is 1.87. The predicted molar refractivity (Wildman–Crippen MR) is 153 cm³/mol. The Morgan fingerprint density at radius 2 is 1.31 bits per heavy atom. The molecule has 194 valence electrons. The molecule has 0 radical (unpaired) electrons. The fourth-order valence-corrected chi connectivity index (χ4v) is 4.15. The number of hydrogen-bond donors (Lipinski definition) is 0. The second kappa shape index (κ2) is 13.3. The van der Waals surface area contributed by atoms with Crippen LogP contribution in [0.2, 0.25) is 0 Å². The normalized spacial score (nSPS) is 10.1. The molecule has 0 saturated carbocycles. The van der Waals surface area contributed by atoms with E-state index in [1.807, 2.05) is 66.7 Å². The fraction of sp³-hybridized carbons (Fsp3) is 0.129. The Morgan fingerprint density at radius 3 is 1.92 bits per heavy atom. The number of ether oxygens (including phenoxy) is 2. The summed E-state index contributed by atoms with van der Waals surface area (Å²) in [5.41, 5.74) is 3.47. The minimum absolute atomic E-state index is 0.260. The van der Waals surface area contributed by atoms with Crippen molar-refractivity contribution in [3.05, 3.63) is 112 Å². The summed E-state index contributed by atoms with van der Waals surface area (Å²) in [6.45, 7) is 4.20. The first-order chi connectivity index (χ1) is 19.0. The van der Waals surface area contributed by atoms with Crippen LogP contribution in [0.25, 0.3) is 21.8 Å². The molecule has 7 nitrogen and oxygen atoms in total. The zero-order chi connectivity index (χ0) is 27.6. The van der Waals surface area contributed by atoms with Gasteiger partial charge in [0.05, 0.1) is 24.2 Å². The maximum Gasteiger partial charge on any atom is 0.356 e. The zero-order valence-corrected chi connectivity index (χ0v) is 22.9. The standard InChI is InChI=1S/C19H14N2O2.C12H10BrNO2/c1-2-23-19(22)18-13-14(10-11-15-7-5-6-12-20-15)16-8-3-4-9-17(16)21-18;1-2-16-12(15)11-7-9(13)8-5-3-4-6-10(8)14-11/h3-9,12-13H,2H2,1H3;3-7H,2H2,1H3. The van der Waals surface area contributed by atoms with Gasteiger partial charge in [-0.15, -0.1) is 0 Å². The first-order valence-electron chi connectivity index (χ1n) is 12.2. The molecule has 3 heterocycles. The van der Waals surface area contributed by atoms with Crippen molar-refractivity contribution < 1.29 is 19.1 Å². The van der Waals surface area contributed by atoms with E-state index in [-0.39, 0.29) is 5.69 Å². The molecule has 8 heteroatoms. The molecule has 0 fully saturated rings. The van der Waals surface area contributed by atoms with Crippen LogP contribution in [0.15, 0.2) is 89.5 Å². The van der Waals surface area contributed by atoms with Gasteiger partial charge in [-0.2, -0.15) is 0 Å². The Labute approximate surface area is 234 Å². The number of hydrogen-bond acceptors (Lipinski definition) is 7. The number of pyridine rings is 3. The molecule has 0 atom stereocenters. The van der Waals surface area contributed by atoms with E-state index in [9.17, 15) is 9.59 Å². The third-order valence-electron chi connectivity index (χ3n) is 5.34. The maximum atomic E-state index is 12.0. The number of halogens is 1. The van der Waals surface area contributed by atoms with Crippen molar-refractivity contribution in [1.82, 2.24) is 15.0 Å². The molecule has 0 bridgehead atoms. The highest BCUT2D eigenvalue weighted by Gasteiger charge is 2.12.